The smallest absolute Gasteiger partial charge is 0.416 e. The summed E-state index contributed by atoms with van der Waals surface area (Å²) in [7, 11) is 0. The Morgan fingerprint density at radius 3 is 2.32 bits per heavy atom. The summed E-state index contributed by atoms with van der Waals surface area (Å²) >= 11 is 0. The number of halogens is 3. The normalized spacial score (nSPS) is 11.1. The van der Waals surface area contributed by atoms with Crippen LogP contribution in [0.15, 0.2) is 91.1 Å². The van der Waals surface area contributed by atoms with Crippen molar-refractivity contribution < 1.29 is 27.6 Å². The molecule has 9 heteroatoms. The third-order valence-corrected chi connectivity index (χ3v) is 4.81. The minimum atomic E-state index is -4.44. The molecule has 6 nitrogen and oxygen atoms in total. The van der Waals surface area contributed by atoms with Crippen molar-refractivity contribution in [1.82, 2.24) is 4.98 Å². The van der Waals surface area contributed by atoms with Gasteiger partial charge in [-0.2, -0.15) is 13.2 Å². The van der Waals surface area contributed by atoms with E-state index in [0.717, 1.165) is 12.1 Å². The van der Waals surface area contributed by atoms with Crippen LogP contribution < -0.4 is 9.47 Å². The van der Waals surface area contributed by atoms with Gasteiger partial charge in [-0.05, 0) is 47.5 Å². The first kappa shape index (κ1) is 22.8. The Kier molecular flexibility index (Phi) is 6.44. The number of hydrogen-bond donors (Lipinski definition) is 0. The Morgan fingerprint density at radius 1 is 0.853 bits per heavy atom. The molecule has 0 unspecified atom stereocenters. The number of nitrogens with zero attached hydrogens (tertiary/aromatic N) is 2. The number of rotatable bonds is 7. The number of benzene rings is 3. The lowest BCUT2D eigenvalue weighted by atomic mass is 10.1. The summed E-state index contributed by atoms with van der Waals surface area (Å²) < 4.78 is 49.9. The fourth-order valence-corrected chi connectivity index (χ4v) is 3.18. The molecular weight excluding hydrogens is 449 g/mol. The molecule has 0 spiro atoms. The van der Waals surface area contributed by atoms with Crippen LogP contribution in [0.3, 0.4) is 0 Å². The van der Waals surface area contributed by atoms with Crippen LogP contribution in [-0.4, -0.2) is 9.91 Å². The first-order valence-corrected chi connectivity index (χ1v) is 10.1. The number of nitro groups is 1. The van der Waals surface area contributed by atoms with E-state index in [2.05, 4.69) is 4.98 Å². The predicted molar refractivity (Wildman–Crippen MR) is 119 cm³/mol. The zero-order chi connectivity index (χ0) is 24.1. The highest BCUT2D eigenvalue weighted by atomic mass is 19.4. The second kappa shape index (κ2) is 9.62. The summed E-state index contributed by atoms with van der Waals surface area (Å²) in [5.41, 5.74) is 0.343. The minimum absolute atomic E-state index is 0.0738. The van der Waals surface area contributed by atoms with E-state index in [0.29, 0.717) is 28.2 Å². The molecule has 0 bridgehead atoms. The molecule has 172 valence electrons. The highest BCUT2D eigenvalue weighted by Gasteiger charge is 2.30. The summed E-state index contributed by atoms with van der Waals surface area (Å²) in [5, 5.41) is 11.6. The van der Waals surface area contributed by atoms with Crippen LogP contribution in [-0.2, 0) is 12.8 Å². The molecule has 0 saturated carbocycles. The van der Waals surface area contributed by atoms with Crippen molar-refractivity contribution in [3.05, 3.63) is 112 Å². The molecule has 0 radical (unpaired) electrons. The van der Waals surface area contributed by atoms with Gasteiger partial charge in [0.1, 0.15) is 18.1 Å². The lowest BCUT2D eigenvalue weighted by Gasteiger charge is -2.11. The second-order valence-electron chi connectivity index (χ2n) is 7.24. The first-order valence-electron chi connectivity index (χ1n) is 10.1. The predicted octanol–water partition coefficient (Wildman–Crippen LogP) is 7.05. The molecule has 0 aliphatic rings. The second-order valence-corrected chi connectivity index (χ2v) is 7.24. The van der Waals surface area contributed by atoms with Crippen molar-refractivity contribution in [3.8, 4) is 28.5 Å². The molecule has 0 N–H and O–H groups in total. The summed E-state index contributed by atoms with van der Waals surface area (Å²) in [6.45, 7) is -0.0738. The fraction of sp³-hybridized carbons (Fsp3) is 0.0800. The van der Waals surface area contributed by atoms with Crippen molar-refractivity contribution in [3.63, 3.8) is 0 Å². The Morgan fingerprint density at radius 2 is 1.59 bits per heavy atom. The van der Waals surface area contributed by atoms with Gasteiger partial charge in [-0.15, -0.1) is 0 Å². The molecule has 1 heterocycles. The van der Waals surface area contributed by atoms with E-state index in [1.807, 2.05) is 0 Å². The summed E-state index contributed by atoms with van der Waals surface area (Å²) in [6.07, 6.45) is -2.99. The van der Waals surface area contributed by atoms with Crippen LogP contribution in [0.25, 0.3) is 11.1 Å². The maximum Gasteiger partial charge on any atom is 0.416 e. The lowest BCUT2D eigenvalue weighted by Crippen LogP contribution is -2.06. The van der Waals surface area contributed by atoms with Crippen molar-refractivity contribution >= 4 is 5.69 Å². The van der Waals surface area contributed by atoms with E-state index < -0.39 is 16.7 Å². The van der Waals surface area contributed by atoms with Crippen LogP contribution in [0.2, 0.25) is 0 Å². The molecule has 0 amide bonds. The van der Waals surface area contributed by atoms with Gasteiger partial charge in [0.2, 0.25) is 0 Å². The minimum Gasteiger partial charge on any atom is -0.489 e. The van der Waals surface area contributed by atoms with Crippen molar-refractivity contribution in [2.24, 2.45) is 0 Å². The molecule has 0 aliphatic heterocycles. The molecule has 0 aliphatic carbocycles. The van der Waals surface area contributed by atoms with Crippen LogP contribution >= 0.6 is 0 Å². The summed E-state index contributed by atoms with van der Waals surface area (Å²) in [6, 6.07) is 21.5. The monoisotopic (exact) mass is 466 g/mol. The van der Waals surface area contributed by atoms with Gasteiger partial charge in [-0.1, -0.05) is 42.5 Å². The highest BCUT2D eigenvalue weighted by molar-refractivity contribution is 5.68. The fourth-order valence-electron chi connectivity index (χ4n) is 3.18. The molecule has 0 fully saturated rings. The van der Waals surface area contributed by atoms with Gasteiger partial charge in [0.25, 0.3) is 5.88 Å². The van der Waals surface area contributed by atoms with Crippen LogP contribution in [0, 0.1) is 10.1 Å². The largest absolute Gasteiger partial charge is 0.489 e. The number of aromatic nitrogens is 1. The standard InChI is InChI=1S/C25H17F3N2O4/c26-25(27,28)20-8-4-6-17(12-20)16-33-22-11-5-7-18(13-22)19-14-23(30(31)32)24(29-15-19)34-21-9-2-1-3-10-21/h1-15H,16H2. The Labute approximate surface area is 192 Å². The van der Waals surface area contributed by atoms with Gasteiger partial charge in [0.15, 0.2) is 0 Å². The van der Waals surface area contributed by atoms with Gasteiger partial charge in [-0.25, -0.2) is 4.98 Å². The van der Waals surface area contributed by atoms with Crippen molar-refractivity contribution in [1.29, 1.82) is 0 Å². The maximum atomic E-state index is 12.9. The highest BCUT2D eigenvalue weighted by Crippen LogP contribution is 2.34. The SMILES string of the molecule is O=[N+]([O-])c1cc(-c2cccc(OCc3cccc(C(F)(F)F)c3)c2)cnc1Oc1ccccc1. The van der Waals surface area contributed by atoms with E-state index in [-0.39, 0.29) is 18.2 Å². The molecule has 4 rings (SSSR count). The van der Waals surface area contributed by atoms with Crippen LogP contribution in [0.5, 0.6) is 17.4 Å². The summed E-state index contributed by atoms with van der Waals surface area (Å²) in [5.74, 6) is 0.662. The molecule has 3 aromatic carbocycles. The van der Waals surface area contributed by atoms with Crippen molar-refractivity contribution in [2.75, 3.05) is 0 Å². The molecule has 0 saturated heterocycles. The first-order chi connectivity index (χ1) is 16.3. The Hall–Kier alpha value is -4.40. The average molecular weight is 466 g/mol. The van der Waals surface area contributed by atoms with Crippen LogP contribution in [0.4, 0.5) is 18.9 Å². The zero-order valence-electron chi connectivity index (χ0n) is 17.5. The van der Waals surface area contributed by atoms with Gasteiger partial charge in [0, 0.05) is 17.8 Å². The van der Waals surface area contributed by atoms with Gasteiger partial charge in [-0.3, -0.25) is 10.1 Å². The third kappa shape index (κ3) is 5.50. The molecule has 34 heavy (non-hydrogen) atoms. The number of alkyl halides is 3. The Bertz CT molecular complexity index is 1310. The van der Waals surface area contributed by atoms with E-state index in [4.69, 9.17) is 9.47 Å². The van der Waals surface area contributed by atoms with Gasteiger partial charge in [0.05, 0.1) is 10.5 Å². The van der Waals surface area contributed by atoms with Crippen molar-refractivity contribution in [2.45, 2.75) is 12.8 Å². The van der Waals surface area contributed by atoms with Gasteiger partial charge >= 0.3 is 11.9 Å². The lowest BCUT2D eigenvalue weighted by molar-refractivity contribution is -0.386. The third-order valence-electron chi connectivity index (χ3n) is 4.81. The molecule has 4 aromatic rings. The van der Waals surface area contributed by atoms with Crippen LogP contribution in [0.1, 0.15) is 11.1 Å². The number of pyridine rings is 1. The molecule has 0 atom stereocenters. The quantitative estimate of drug-likeness (QED) is 0.216. The maximum absolute atomic E-state index is 12.9. The van der Waals surface area contributed by atoms with E-state index in [1.165, 1.54) is 24.4 Å². The average Bonchev–Trinajstić information content (AvgIpc) is 2.83. The number of hydrogen-bond acceptors (Lipinski definition) is 5. The topological polar surface area (TPSA) is 74.5 Å². The number of para-hydroxylation sites is 1. The van der Waals surface area contributed by atoms with E-state index >= 15 is 0 Å². The summed E-state index contributed by atoms with van der Waals surface area (Å²) in [4.78, 5) is 15.1. The van der Waals surface area contributed by atoms with E-state index in [1.54, 1.807) is 54.6 Å². The molecular formula is C25H17F3N2O4. The van der Waals surface area contributed by atoms with Gasteiger partial charge < -0.3 is 9.47 Å². The molecule has 1 aromatic heterocycles. The van der Waals surface area contributed by atoms with E-state index in [9.17, 15) is 23.3 Å². The number of ether oxygens (including phenoxy) is 2. The Balaban J connectivity index is 1.54. The zero-order valence-corrected chi connectivity index (χ0v) is 17.5.